The Hall–Kier alpha value is -2.86. The Morgan fingerprint density at radius 2 is 1.54 bits per heavy atom. The van der Waals surface area contributed by atoms with Crippen molar-refractivity contribution in [1.29, 1.82) is 0 Å². The van der Waals surface area contributed by atoms with Gasteiger partial charge in [0, 0.05) is 37.6 Å². The van der Waals surface area contributed by atoms with Gasteiger partial charge in [0.05, 0.1) is 29.7 Å². The van der Waals surface area contributed by atoms with Crippen LogP contribution in [0.3, 0.4) is 0 Å². The van der Waals surface area contributed by atoms with Crippen molar-refractivity contribution in [3.63, 3.8) is 0 Å². The first kappa shape index (κ1) is 16.6. The van der Waals surface area contributed by atoms with Crippen LogP contribution in [0.15, 0.2) is 49.1 Å². The van der Waals surface area contributed by atoms with Crippen LogP contribution < -0.4 is 0 Å². The van der Waals surface area contributed by atoms with Gasteiger partial charge in [-0.25, -0.2) is 0 Å². The zero-order valence-electron chi connectivity index (χ0n) is 14.9. The van der Waals surface area contributed by atoms with Crippen LogP contribution in [-0.2, 0) is 20.6 Å². The topological polar surface area (TPSA) is 53.5 Å². The fourth-order valence-electron chi connectivity index (χ4n) is 2.97. The summed E-state index contributed by atoms with van der Waals surface area (Å²) in [6.45, 7) is 2.71. The zero-order chi connectivity index (χ0) is 18.3. The molecule has 0 amide bonds. The molecule has 0 radical (unpaired) electrons. The zero-order valence-corrected chi connectivity index (χ0v) is 15.6. The highest BCUT2D eigenvalue weighted by molar-refractivity contribution is 6.35. The molecule has 0 fully saturated rings. The Bertz CT molecular complexity index is 1050. The lowest BCUT2D eigenvalue weighted by Crippen LogP contribution is -2.04. The summed E-state index contributed by atoms with van der Waals surface area (Å²) < 4.78 is 5.44. The second kappa shape index (κ2) is 6.46. The lowest BCUT2D eigenvalue weighted by atomic mass is 10.1. The minimum atomic E-state index is 0.609. The van der Waals surface area contributed by atoms with Crippen molar-refractivity contribution in [3.8, 4) is 22.5 Å². The van der Waals surface area contributed by atoms with E-state index in [4.69, 9.17) is 16.7 Å². The van der Waals surface area contributed by atoms with Gasteiger partial charge in [0.15, 0.2) is 0 Å². The van der Waals surface area contributed by atoms with Crippen molar-refractivity contribution < 1.29 is 0 Å². The Morgan fingerprint density at radius 1 is 0.923 bits per heavy atom. The Kier molecular flexibility index (Phi) is 4.12. The van der Waals surface area contributed by atoms with Gasteiger partial charge in [0.1, 0.15) is 5.69 Å². The quantitative estimate of drug-likeness (QED) is 0.553. The smallest absolute Gasteiger partial charge is 0.115 e. The molecule has 0 saturated carbocycles. The van der Waals surface area contributed by atoms with Crippen LogP contribution in [0.1, 0.15) is 11.1 Å². The van der Waals surface area contributed by atoms with E-state index in [1.165, 1.54) is 5.56 Å². The fraction of sp³-hybridized carbons (Fsp3) is 0.211. The van der Waals surface area contributed by atoms with Crippen LogP contribution in [0.25, 0.3) is 22.5 Å². The van der Waals surface area contributed by atoms with E-state index in [0.717, 1.165) is 28.1 Å². The number of benzene rings is 1. The SMILES string of the molecule is Cc1ccc(Cn2nc(-c3cnn(C)c3)c(Cl)c2-c2cnn(C)c2)cc1. The molecule has 0 aliphatic heterocycles. The summed E-state index contributed by atoms with van der Waals surface area (Å²) in [5.41, 5.74) is 5.82. The van der Waals surface area contributed by atoms with Crippen molar-refractivity contribution in [3.05, 3.63) is 65.2 Å². The highest BCUT2D eigenvalue weighted by atomic mass is 35.5. The molecule has 0 unspecified atom stereocenters. The summed E-state index contributed by atoms with van der Waals surface area (Å²) in [6.07, 6.45) is 7.44. The van der Waals surface area contributed by atoms with Crippen molar-refractivity contribution in [1.82, 2.24) is 29.3 Å². The second-order valence-electron chi connectivity index (χ2n) is 6.46. The molecule has 3 aromatic heterocycles. The molecule has 4 rings (SSSR count). The number of hydrogen-bond acceptors (Lipinski definition) is 3. The third-order valence-electron chi connectivity index (χ3n) is 4.30. The van der Waals surface area contributed by atoms with Gasteiger partial charge in [0.2, 0.25) is 0 Å². The molecule has 1 aromatic carbocycles. The number of halogens is 1. The van der Waals surface area contributed by atoms with Crippen LogP contribution in [0.4, 0.5) is 0 Å². The molecule has 0 aliphatic carbocycles. The lowest BCUT2D eigenvalue weighted by molar-refractivity contribution is 0.696. The average Bonchev–Trinajstić information content (AvgIpc) is 3.29. The van der Waals surface area contributed by atoms with E-state index >= 15 is 0 Å². The number of hydrogen-bond donors (Lipinski definition) is 0. The molecule has 0 atom stereocenters. The molecule has 0 saturated heterocycles. The third-order valence-corrected chi connectivity index (χ3v) is 4.66. The maximum absolute atomic E-state index is 6.75. The number of aryl methyl sites for hydroxylation is 3. The molecule has 0 aliphatic rings. The molecule has 4 aromatic rings. The summed E-state index contributed by atoms with van der Waals surface area (Å²) in [5.74, 6) is 0. The van der Waals surface area contributed by atoms with E-state index in [1.807, 2.05) is 37.4 Å². The van der Waals surface area contributed by atoms with Gasteiger partial charge < -0.3 is 0 Å². The van der Waals surface area contributed by atoms with Crippen LogP contribution in [0.2, 0.25) is 5.02 Å². The fourth-order valence-corrected chi connectivity index (χ4v) is 3.32. The van der Waals surface area contributed by atoms with E-state index in [2.05, 4.69) is 41.4 Å². The molecular weight excluding hydrogens is 348 g/mol. The predicted molar refractivity (Wildman–Crippen MR) is 102 cm³/mol. The van der Waals surface area contributed by atoms with E-state index in [1.54, 1.807) is 15.6 Å². The third kappa shape index (κ3) is 3.04. The number of aromatic nitrogens is 6. The van der Waals surface area contributed by atoms with Crippen LogP contribution in [-0.4, -0.2) is 29.3 Å². The van der Waals surface area contributed by atoms with Crippen molar-refractivity contribution >= 4 is 11.6 Å². The van der Waals surface area contributed by atoms with Gasteiger partial charge in [0.25, 0.3) is 0 Å². The largest absolute Gasteiger partial charge is 0.275 e. The first-order chi connectivity index (χ1) is 12.5. The lowest BCUT2D eigenvalue weighted by Gasteiger charge is -2.07. The molecule has 7 heteroatoms. The van der Waals surface area contributed by atoms with Gasteiger partial charge in [-0.15, -0.1) is 0 Å². The van der Waals surface area contributed by atoms with Crippen molar-refractivity contribution in [2.75, 3.05) is 0 Å². The molecule has 3 heterocycles. The predicted octanol–water partition coefficient (Wildman–Crippen LogP) is 3.69. The summed E-state index contributed by atoms with van der Waals surface area (Å²) >= 11 is 6.75. The highest BCUT2D eigenvalue weighted by Crippen LogP contribution is 2.36. The molecule has 132 valence electrons. The maximum atomic E-state index is 6.75. The number of nitrogens with zero attached hydrogens (tertiary/aromatic N) is 6. The number of rotatable bonds is 4. The average molecular weight is 367 g/mol. The first-order valence-electron chi connectivity index (χ1n) is 8.31. The standard InChI is InChI=1S/C19H19ClN6/c1-13-4-6-14(7-5-13)10-26-19(16-9-22-25(3)12-16)17(20)18(23-26)15-8-21-24(2)11-15/h4-9,11-12H,10H2,1-3H3. The van der Waals surface area contributed by atoms with Crippen molar-refractivity contribution in [2.45, 2.75) is 13.5 Å². The van der Waals surface area contributed by atoms with E-state index in [0.29, 0.717) is 11.6 Å². The van der Waals surface area contributed by atoms with Gasteiger partial charge in [-0.3, -0.25) is 14.0 Å². The summed E-state index contributed by atoms with van der Waals surface area (Å²) in [7, 11) is 3.77. The van der Waals surface area contributed by atoms with Gasteiger partial charge in [-0.1, -0.05) is 41.4 Å². The Labute approximate surface area is 156 Å². The minimum absolute atomic E-state index is 0.609. The maximum Gasteiger partial charge on any atom is 0.115 e. The molecule has 26 heavy (non-hydrogen) atoms. The molecular formula is C19H19ClN6. The molecule has 0 bridgehead atoms. The molecule has 6 nitrogen and oxygen atoms in total. The van der Waals surface area contributed by atoms with Crippen LogP contribution in [0.5, 0.6) is 0 Å². The van der Waals surface area contributed by atoms with Crippen LogP contribution >= 0.6 is 11.6 Å². The van der Waals surface area contributed by atoms with Gasteiger partial charge in [-0.05, 0) is 12.5 Å². The highest BCUT2D eigenvalue weighted by Gasteiger charge is 2.21. The Balaban J connectivity index is 1.84. The monoisotopic (exact) mass is 366 g/mol. The molecule has 0 N–H and O–H groups in total. The van der Waals surface area contributed by atoms with E-state index < -0.39 is 0 Å². The van der Waals surface area contributed by atoms with E-state index in [9.17, 15) is 0 Å². The van der Waals surface area contributed by atoms with Gasteiger partial charge in [-0.2, -0.15) is 15.3 Å². The Morgan fingerprint density at radius 3 is 2.12 bits per heavy atom. The first-order valence-corrected chi connectivity index (χ1v) is 8.69. The summed E-state index contributed by atoms with van der Waals surface area (Å²) in [6, 6.07) is 8.43. The summed E-state index contributed by atoms with van der Waals surface area (Å²) in [5, 5.41) is 13.9. The normalized spacial score (nSPS) is 11.2. The van der Waals surface area contributed by atoms with Crippen LogP contribution in [0, 0.1) is 6.92 Å². The molecule has 0 spiro atoms. The van der Waals surface area contributed by atoms with Gasteiger partial charge >= 0.3 is 0 Å². The summed E-state index contributed by atoms with van der Waals surface area (Å²) in [4.78, 5) is 0. The second-order valence-corrected chi connectivity index (χ2v) is 6.84. The minimum Gasteiger partial charge on any atom is -0.275 e. The van der Waals surface area contributed by atoms with E-state index in [-0.39, 0.29) is 0 Å². The van der Waals surface area contributed by atoms with Crippen molar-refractivity contribution in [2.24, 2.45) is 14.1 Å².